The Labute approximate surface area is 108 Å². The van der Waals surface area contributed by atoms with Crippen LogP contribution in [-0.2, 0) is 0 Å². The maximum atomic E-state index is 9.83. The predicted molar refractivity (Wildman–Crippen MR) is 73.1 cm³/mol. The SMILES string of the molecule is Cc1ccc2sc(-c3ccc(O)cc3O)nc2c1. The number of aromatic nitrogens is 1. The van der Waals surface area contributed by atoms with E-state index in [0.29, 0.717) is 5.56 Å². The van der Waals surface area contributed by atoms with Crippen LogP contribution in [0.2, 0.25) is 0 Å². The molecule has 0 saturated heterocycles. The Morgan fingerprint density at radius 2 is 1.89 bits per heavy atom. The number of hydrogen-bond acceptors (Lipinski definition) is 4. The summed E-state index contributed by atoms with van der Waals surface area (Å²) in [7, 11) is 0. The molecule has 0 atom stereocenters. The number of benzene rings is 2. The summed E-state index contributed by atoms with van der Waals surface area (Å²) in [6.07, 6.45) is 0. The minimum absolute atomic E-state index is 0.0470. The standard InChI is InChI=1S/C14H11NO2S/c1-8-2-5-13-11(6-8)15-14(18-13)10-4-3-9(16)7-12(10)17/h2-7,16-17H,1H3. The van der Waals surface area contributed by atoms with Crippen LogP contribution in [-0.4, -0.2) is 15.2 Å². The van der Waals surface area contributed by atoms with E-state index >= 15 is 0 Å². The fraction of sp³-hybridized carbons (Fsp3) is 0.0714. The molecule has 3 rings (SSSR count). The highest BCUT2D eigenvalue weighted by atomic mass is 32.1. The summed E-state index contributed by atoms with van der Waals surface area (Å²) < 4.78 is 1.09. The molecular weight excluding hydrogens is 246 g/mol. The van der Waals surface area contributed by atoms with Gasteiger partial charge in [-0.15, -0.1) is 11.3 Å². The Morgan fingerprint density at radius 1 is 1.06 bits per heavy atom. The number of aryl methyl sites for hydroxylation is 1. The van der Waals surface area contributed by atoms with Crippen molar-refractivity contribution < 1.29 is 10.2 Å². The van der Waals surface area contributed by atoms with E-state index in [9.17, 15) is 10.2 Å². The third kappa shape index (κ3) is 1.80. The Morgan fingerprint density at radius 3 is 2.67 bits per heavy atom. The first kappa shape index (κ1) is 11.0. The zero-order valence-corrected chi connectivity index (χ0v) is 10.5. The molecule has 1 aromatic heterocycles. The van der Waals surface area contributed by atoms with E-state index in [1.54, 1.807) is 12.1 Å². The largest absolute Gasteiger partial charge is 0.508 e. The zero-order valence-electron chi connectivity index (χ0n) is 9.71. The van der Waals surface area contributed by atoms with Crippen LogP contribution >= 0.6 is 11.3 Å². The van der Waals surface area contributed by atoms with E-state index in [1.165, 1.54) is 17.4 Å². The number of phenolic OH excluding ortho intramolecular Hbond substituents is 2. The minimum Gasteiger partial charge on any atom is -0.508 e. The number of fused-ring (bicyclic) bond motifs is 1. The topological polar surface area (TPSA) is 53.4 Å². The molecule has 0 radical (unpaired) electrons. The number of phenols is 2. The number of hydrogen-bond donors (Lipinski definition) is 2. The normalized spacial score (nSPS) is 10.9. The van der Waals surface area contributed by atoms with Crippen molar-refractivity contribution in [3.05, 3.63) is 42.0 Å². The third-order valence-electron chi connectivity index (χ3n) is 2.75. The molecule has 0 aliphatic rings. The molecule has 3 aromatic rings. The van der Waals surface area contributed by atoms with Gasteiger partial charge in [-0.3, -0.25) is 0 Å². The summed E-state index contributed by atoms with van der Waals surface area (Å²) in [6.45, 7) is 2.02. The van der Waals surface area contributed by atoms with Gasteiger partial charge in [-0.25, -0.2) is 4.98 Å². The monoisotopic (exact) mass is 257 g/mol. The second kappa shape index (κ2) is 3.99. The summed E-state index contributed by atoms with van der Waals surface area (Å²) in [5.41, 5.74) is 2.74. The Balaban J connectivity index is 2.19. The maximum Gasteiger partial charge on any atom is 0.129 e. The highest BCUT2D eigenvalue weighted by Gasteiger charge is 2.10. The van der Waals surface area contributed by atoms with Gasteiger partial charge in [-0.1, -0.05) is 6.07 Å². The summed E-state index contributed by atoms with van der Waals surface area (Å²) in [5.74, 6) is 0.0963. The van der Waals surface area contributed by atoms with E-state index in [-0.39, 0.29) is 11.5 Å². The lowest BCUT2D eigenvalue weighted by atomic mass is 10.2. The quantitative estimate of drug-likeness (QED) is 0.699. The van der Waals surface area contributed by atoms with Crippen LogP contribution in [0.1, 0.15) is 5.56 Å². The average molecular weight is 257 g/mol. The molecule has 0 saturated carbocycles. The first-order chi connectivity index (χ1) is 8.63. The van der Waals surface area contributed by atoms with Crippen LogP contribution < -0.4 is 0 Å². The molecule has 0 amide bonds. The van der Waals surface area contributed by atoms with Gasteiger partial charge in [-0.2, -0.15) is 0 Å². The lowest BCUT2D eigenvalue weighted by molar-refractivity contribution is 0.452. The Hall–Kier alpha value is -2.07. The van der Waals surface area contributed by atoms with Gasteiger partial charge in [0, 0.05) is 6.07 Å². The van der Waals surface area contributed by atoms with Gasteiger partial charge in [0.25, 0.3) is 0 Å². The van der Waals surface area contributed by atoms with E-state index < -0.39 is 0 Å². The molecule has 0 unspecified atom stereocenters. The van der Waals surface area contributed by atoms with Crippen molar-refractivity contribution in [1.29, 1.82) is 0 Å². The first-order valence-corrected chi connectivity index (χ1v) is 6.35. The van der Waals surface area contributed by atoms with Crippen molar-refractivity contribution in [2.75, 3.05) is 0 Å². The van der Waals surface area contributed by atoms with E-state index in [4.69, 9.17) is 0 Å². The summed E-state index contributed by atoms with van der Waals surface area (Å²) in [5, 5.41) is 19.9. The number of nitrogens with zero attached hydrogens (tertiary/aromatic N) is 1. The van der Waals surface area contributed by atoms with Crippen LogP contribution in [0, 0.1) is 6.92 Å². The number of aromatic hydroxyl groups is 2. The highest BCUT2D eigenvalue weighted by Crippen LogP contribution is 2.36. The molecule has 0 fully saturated rings. The molecule has 0 bridgehead atoms. The van der Waals surface area contributed by atoms with Crippen LogP contribution in [0.3, 0.4) is 0 Å². The van der Waals surface area contributed by atoms with Crippen molar-refractivity contribution >= 4 is 21.6 Å². The maximum absolute atomic E-state index is 9.83. The van der Waals surface area contributed by atoms with Crippen molar-refractivity contribution in [1.82, 2.24) is 4.98 Å². The Kier molecular flexibility index (Phi) is 2.45. The summed E-state index contributed by atoms with van der Waals surface area (Å²) >= 11 is 1.53. The molecule has 0 spiro atoms. The highest BCUT2D eigenvalue weighted by molar-refractivity contribution is 7.21. The predicted octanol–water partition coefficient (Wildman–Crippen LogP) is 3.68. The molecule has 18 heavy (non-hydrogen) atoms. The minimum atomic E-state index is 0.0470. The van der Waals surface area contributed by atoms with E-state index in [0.717, 1.165) is 20.8 Å². The van der Waals surface area contributed by atoms with E-state index in [1.807, 2.05) is 25.1 Å². The average Bonchev–Trinajstić information content (AvgIpc) is 2.71. The van der Waals surface area contributed by atoms with Crippen molar-refractivity contribution in [2.45, 2.75) is 6.92 Å². The molecule has 1 heterocycles. The fourth-order valence-electron chi connectivity index (χ4n) is 1.85. The second-order valence-electron chi connectivity index (χ2n) is 4.19. The Bertz CT molecular complexity index is 734. The summed E-state index contributed by atoms with van der Waals surface area (Å²) in [6, 6.07) is 10.6. The smallest absolute Gasteiger partial charge is 0.129 e. The van der Waals surface area contributed by atoms with Crippen molar-refractivity contribution in [3.63, 3.8) is 0 Å². The second-order valence-corrected chi connectivity index (χ2v) is 5.22. The van der Waals surface area contributed by atoms with Gasteiger partial charge in [0.2, 0.25) is 0 Å². The zero-order chi connectivity index (χ0) is 12.7. The van der Waals surface area contributed by atoms with Gasteiger partial charge in [0.15, 0.2) is 0 Å². The van der Waals surface area contributed by atoms with Gasteiger partial charge in [-0.05, 0) is 36.8 Å². The fourth-order valence-corrected chi connectivity index (χ4v) is 2.83. The third-order valence-corrected chi connectivity index (χ3v) is 3.82. The number of thiazole rings is 1. The van der Waals surface area contributed by atoms with Gasteiger partial charge in [0.1, 0.15) is 16.5 Å². The first-order valence-electron chi connectivity index (χ1n) is 5.53. The molecule has 3 nitrogen and oxygen atoms in total. The molecule has 2 aromatic carbocycles. The molecule has 0 aliphatic heterocycles. The van der Waals surface area contributed by atoms with Crippen molar-refractivity contribution in [2.24, 2.45) is 0 Å². The van der Waals surface area contributed by atoms with Crippen LogP contribution in [0.5, 0.6) is 11.5 Å². The van der Waals surface area contributed by atoms with Gasteiger partial charge < -0.3 is 10.2 Å². The summed E-state index contributed by atoms with van der Waals surface area (Å²) in [4.78, 5) is 4.51. The molecule has 0 aliphatic carbocycles. The van der Waals surface area contributed by atoms with Crippen LogP contribution in [0.15, 0.2) is 36.4 Å². The molecule has 4 heteroatoms. The molecular formula is C14H11NO2S. The number of rotatable bonds is 1. The van der Waals surface area contributed by atoms with Crippen LogP contribution in [0.4, 0.5) is 0 Å². The van der Waals surface area contributed by atoms with E-state index in [2.05, 4.69) is 4.98 Å². The van der Waals surface area contributed by atoms with Crippen LogP contribution in [0.25, 0.3) is 20.8 Å². The lowest BCUT2D eigenvalue weighted by Gasteiger charge is -2.00. The molecule has 90 valence electrons. The van der Waals surface area contributed by atoms with Gasteiger partial charge >= 0.3 is 0 Å². The van der Waals surface area contributed by atoms with Gasteiger partial charge in [0.05, 0.1) is 15.8 Å². The lowest BCUT2D eigenvalue weighted by Crippen LogP contribution is -1.77. The van der Waals surface area contributed by atoms with Crippen molar-refractivity contribution in [3.8, 4) is 22.1 Å². The molecule has 2 N–H and O–H groups in total.